The van der Waals surface area contributed by atoms with Crippen LogP contribution in [-0.2, 0) is 17.6 Å². The first-order valence-electron chi connectivity index (χ1n) is 6.38. The van der Waals surface area contributed by atoms with Gasteiger partial charge in [-0.1, -0.05) is 6.07 Å². The molecule has 0 fully saturated rings. The highest BCUT2D eigenvalue weighted by molar-refractivity contribution is 5.92. The topological polar surface area (TPSA) is 54.9 Å². The van der Waals surface area contributed by atoms with Crippen molar-refractivity contribution in [3.63, 3.8) is 0 Å². The second-order valence-corrected chi connectivity index (χ2v) is 4.90. The first-order chi connectivity index (χ1) is 9.22. The van der Waals surface area contributed by atoms with E-state index in [9.17, 15) is 4.79 Å². The van der Waals surface area contributed by atoms with Crippen LogP contribution in [0.25, 0.3) is 0 Å². The SMILES string of the molecule is Cc1cc2c(cn1)CC(C(=O)Nc1ccccn1)C2. The molecule has 0 saturated heterocycles. The van der Waals surface area contributed by atoms with Gasteiger partial charge < -0.3 is 5.32 Å². The highest BCUT2D eigenvalue weighted by Gasteiger charge is 2.27. The molecule has 0 radical (unpaired) electrons. The fourth-order valence-electron chi connectivity index (χ4n) is 2.47. The van der Waals surface area contributed by atoms with Gasteiger partial charge in [-0.2, -0.15) is 0 Å². The van der Waals surface area contributed by atoms with E-state index >= 15 is 0 Å². The molecule has 0 bridgehead atoms. The molecule has 4 heteroatoms. The van der Waals surface area contributed by atoms with E-state index in [-0.39, 0.29) is 11.8 Å². The van der Waals surface area contributed by atoms with Gasteiger partial charge in [0.05, 0.1) is 0 Å². The van der Waals surface area contributed by atoms with Crippen LogP contribution in [0.3, 0.4) is 0 Å². The quantitative estimate of drug-likeness (QED) is 0.892. The lowest BCUT2D eigenvalue weighted by atomic mass is 10.1. The number of aromatic nitrogens is 2. The van der Waals surface area contributed by atoms with Crippen LogP contribution < -0.4 is 5.32 Å². The summed E-state index contributed by atoms with van der Waals surface area (Å²) in [6.07, 6.45) is 5.11. The zero-order valence-corrected chi connectivity index (χ0v) is 10.8. The zero-order chi connectivity index (χ0) is 13.2. The van der Waals surface area contributed by atoms with Crippen LogP contribution in [0.15, 0.2) is 36.7 Å². The molecular formula is C15H15N3O. The van der Waals surface area contributed by atoms with Crippen LogP contribution >= 0.6 is 0 Å². The Morgan fingerprint density at radius 1 is 1.26 bits per heavy atom. The average Bonchev–Trinajstić information content (AvgIpc) is 2.83. The van der Waals surface area contributed by atoms with Crippen molar-refractivity contribution < 1.29 is 4.79 Å². The maximum absolute atomic E-state index is 12.2. The number of pyridine rings is 2. The Kier molecular flexibility index (Phi) is 2.99. The van der Waals surface area contributed by atoms with Gasteiger partial charge in [0.25, 0.3) is 0 Å². The Morgan fingerprint density at radius 3 is 2.89 bits per heavy atom. The lowest BCUT2D eigenvalue weighted by molar-refractivity contribution is -0.119. The molecule has 0 saturated carbocycles. The number of hydrogen-bond donors (Lipinski definition) is 1. The van der Waals surface area contributed by atoms with Crippen molar-refractivity contribution in [2.45, 2.75) is 19.8 Å². The van der Waals surface area contributed by atoms with Crippen molar-refractivity contribution in [2.75, 3.05) is 5.32 Å². The lowest BCUT2D eigenvalue weighted by Crippen LogP contribution is -2.23. The number of carbonyl (C=O) groups excluding carboxylic acids is 1. The molecule has 4 nitrogen and oxygen atoms in total. The van der Waals surface area contributed by atoms with E-state index < -0.39 is 0 Å². The molecular weight excluding hydrogens is 238 g/mol. The molecule has 96 valence electrons. The van der Waals surface area contributed by atoms with Gasteiger partial charge in [-0.15, -0.1) is 0 Å². The summed E-state index contributed by atoms with van der Waals surface area (Å²) in [7, 11) is 0. The van der Waals surface area contributed by atoms with Crippen LogP contribution in [-0.4, -0.2) is 15.9 Å². The van der Waals surface area contributed by atoms with E-state index in [1.54, 1.807) is 12.3 Å². The van der Waals surface area contributed by atoms with Gasteiger partial charge in [-0.25, -0.2) is 4.98 Å². The van der Waals surface area contributed by atoms with E-state index in [4.69, 9.17) is 0 Å². The van der Waals surface area contributed by atoms with Crippen molar-refractivity contribution in [3.05, 3.63) is 53.5 Å². The highest BCUT2D eigenvalue weighted by Crippen LogP contribution is 2.27. The van der Waals surface area contributed by atoms with Crippen molar-refractivity contribution in [1.82, 2.24) is 9.97 Å². The molecule has 1 unspecified atom stereocenters. The lowest BCUT2D eigenvalue weighted by Gasteiger charge is -2.09. The number of nitrogens with one attached hydrogen (secondary N) is 1. The maximum atomic E-state index is 12.2. The molecule has 2 heterocycles. The molecule has 0 aliphatic heterocycles. The number of rotatable bonds is 2. The fourth-order valence-corrected chi connectivity index (χ4v) is 2.47. The maximum Gasteiger partial charge on any atom is 0.229 e. The van der Waals surface area contributed by atoms with E-state index in [1.807, 2.05) is 25.3 Å². The summed E-state index contributed by atoms with van der Waals surface area (Å²) in [4.78, 5) is 20.6. The van der Waals surface area contributed by atoms with E-state index in [1.165, 1.54) is 11.1 Å². The smallest absolute Gasteiger partial charge is 0.229 e. The monoisotopic (exact) mass is 253 g/mol. The second-order valence-electron chi connectivity index (χ2n) is 4.90. The molecule has 19 heavy (non-hydrogen) atoms. The molecule has 0 spiro atoms. The van der Waals surface area contributed by atoms with Gasteiger partial charge in [-0.3, -0.25) is 9.78 Å². The summed E-state index contributed by atoms with van der Waals surface area (Å²) in [5.74, 6) is 0.630. The number of carbonyl (C=O) groups is 1. The minimum Gasteiger partial charge on any atom is -0.310 e. The Balaban J connectivity index is 1.71. The second kappa shape index (κ2) is 4.80. The summed E-state index contributed by atoms with van der Waals surface area (Å²) in [5, 5.41) is 2.86. The number of fused-ring (bicyclic) bond motifs is 1. The van der Waals surface area contributed by atoms with Gasteiger partial charge in [-0.05, 0) is 49.1 Å². The molecule has 3 rings (SSSR count). The third-order valence-electron chi connectivity index (χ3n) is 3.44. The predicted molar refractivity (Wildman–Crippen MR) is 72.7 cm³/mol. The van der Waals surface area contributed by atoms with E-state index in [0.29, 0.717) is 5.82 Å². The summed E-state index contributed by atoms with van der Waals surface area (Å²) in [6.45, 7) is 1.97. The van der Waals surface area contributed by atoms with Gasteiger partial charge in [0.2, 0.25) is 5.91 Å². The first-order valence-corrected chi connectivity index (χ1v) is 6.38. The Hall–Kier alpha value is -2.23. The standard InChI is InChI=1S/C15H15N3O/c1-10-6-11-7-12(8-13(11)9-17-10)15(19)18-14-4-2-3-5-16-14/h2-6,9,12H,7-8H2,1H3,(H,16,18,19). The highest BCUT2D eigenvalue weighted by atomic mass is 16.1. The number of nitrogens with zero attached hydrogens (tertiary/aromatic N) is 2. The Bertz CT molecular complexity index is 610. The van der Waals surface area contributed by atoms with Gasteiger partial charge in [0, 0.05) is 24.0 Å². The zero-order valence-electron chi connectivity index (χ0n) is 10.8. The molecule has 0 aromatic carbocycles. The van der Waals surface area contributed by atoms with Crippen molar-refractivity contribution >= 4 is 11.7 Å². The molecule has 2 aromatic rings. The minimum absolute atomic E-state index is 0.0133. The van der Waals surface area contributed by atoms with Crippen LogP contribution in [0, 0.1) is 12.8 Å². The van der Waals surface area contributed by atoms with Gasteiger partial charge >= 0.3 is 0 Å². The van der Waals surface area contributed by atoms with Crippen LogP contribution in [0.2, 0.25) is 0 Å². The van der Waals surface area contributed by atoms with E-state index in [0.717, 1.165) is 18.5 Å². The average molecular weight is 253 g/mol. The number of anilines is 1. The Morgan fingerprint density at radius 2 is 2.11 bits per heavy atom. The summed E-state index contributed by atoms with van der Waals surface area (Å²) >= 11 is 0. The molecule has 1 aliphatic carbocycles. The summed E-state index contributed by atoms with van der Waals surface area (Å²) in [6, 6.07) is 7.56. The largest absolute Gasteiger partial charge is 0.310 e. The number of amides is 1. The minimum atomic E-state index is -0.0133. The van der Waals surface area contributed by atoms with Crippen LogP contribution in [0.5, 0.6) is 0 Å². The van der Waals surface area contributed by atoms with Gasteiger partial charge in [0.1, 0.15) is 5.82 Å². The Labute approximate surface area is 111 Å². The predicted octanol–water partition coefficient (Wildman–Crippen LogP) is 2.14. The summed E-state index contributed by atoms with van der Waals surface area (Å²) in [5.41, 5.74) is 3.44. The normalized spacial score (nSPS) is 17.0. The van der Waals surface area contributed by atoms with Crippen LogP contribution in [0.4, 0.5) is 5.82 Å². The first kappa shape index (κ1) is 11.8. The molecule has 1 aliphatic rings. The third-order valence-corrected chi connectivity index (χ3v) is 3.44. The third kappa shape index (κ3) is 2.47. The molecule has 1 amide bonds. The molecule has 1 atom stereocenters. The molecule has 1 N–H and O–H groups in total. The van der Waals surface area contributed by atoms with Crippen molar-refractivity contribution in [2.24, 2.45) is 5.92 Å². The summed E-state index contributed by atoms with van der Waals surface area (Å²) < 4.78 is 0. The molecule has 2 aromatic heterocycles. The number of aryl methyl sites for hydroxylation is 1. The van der Waals surface area contributed by atoms with Crippen molar-refractivity contribution in [3.8, 4) is 0 Å². The van der Waals surface area contributed by atoms with Crippen molar-refractivity contribution in [1.29, 1.82) is 0 Å². The van der Waals surface area contributed by atoms with Gasteiger partial charge in [0.15, 0.2) is 0 Å². The van der Waals surface area contributed by atoms with Crippen LogP contribution in [0.1, 0.15) is 16.8 Å². The number of hydrogen-bond acceptors (Lipinski definition) is 3. The van der Waals surface area contributed by atoms with E-state index in [2.05, 4.69) is 21.4 Å². The fraction of sp³-hybridized carbons (Fsp3) is 0.267.